The van der Waals surface area contributed by atoms with E-state index in [0.717, 1.165) is 34.8 Å². The van der Waals surface area contributed by atoms with Crippen molar-refractivity contribution in [2.75, 3.05) is 20.3 Å². The molecular weight excluding hydrogens is 526 g/mol. The molecule has 0 aliphatic carbocycles. The SMILES string of the molecule is COC(=O)CC(CNC(=O)OC(C)(C)C)c1ccc(Oc2ccnc3c2c(C)cn3COCC[Si](C)(C)C)cc1. The van der Waals surface area contributed by atoms with Gasteiger partial charge in [-0.3, -0.25) is 4.79 Å². The average molecular weight is 570 g/mol. The number of aryl methyl sites for hydroxylation is 1. The van der Waals surface area contributed by atoms with Crippen molar-refractivity contribution in [1.82, 2.24) is 14.9 Å². The van der Waals surface area contributed by atoms with Crippen molar-refractivity contribution >= 4 is 31.2 Å². The number of methoxy groups -OCH3 is 1. The Kier molecular flexibility index (Phi) is 10.4. The third-order valence-corrected chi connectivity index (χ3v) is 7.95. The van der Waals surface area contributed by atoms with Gasteiger partial charge in [-0.05, 0) is 63.1 Å². The summed E-state index contributed by atoms with van der Waals surface area (Å²) < 4.78 is 24.4. The van der Waals surface area contributed by atoms with Crippen LogP contribution < -0.4 is 10.1 Å². The van der Waals surface area contributed by atoms with Gasteiger partial charge < -0.3 is 28.8 Å². The topological polar surface area (TPSA) is 101 Å². The van der Waals surface area contributed by atoms with Crippen LogP contribution in [-0.4, -0.2) is 55.5 Å². The Morgan fingerprint density at radius 1 is 1.10 bits per heavy atom. The molecule has 3 aromatic rings. The molecule has 218 valence electrons. The van der Waals surface area contributed by atoms with Crippen LogP contribution in [-0.2, 0) is 25.7 Å². The molecule has 0 aliphatic heterocycles. The fraction of sp³-hybridized carbons (Fsp3) is 0.500. The number of ether oxygens (including phenoxy) is 4. The van der Waals surface area contributed by atoms with E-state index in [-0.39, 0.29) is 24.9 Å². The summed E-state index contributed by atoms with van der Waals surface area (Å²) in [5, 5.41) is 3.69. The number of carbonyl (C=O) groups excluding carboxylic acids is 2. The standard InChI is InChI=1S/C30H43N3O6Si/c1-21-19-33(20-37-15-16-40(6,7)8)28-27(21)25(13-14-31-28)38-24-11-9-22(10-12-24)23(17-26(34)36-5)18-32-29(35)39-30(2,3)4/h9-14,19,23H,15-18,20H2,1-8H3,(H,32,35). The molecule has 0 fully saturated rings. The largest absolute Gasteiger partial charge is 0.469 e. The number of hydrogen-bond donors (Lipinski definition) is 1. The van der Waals surface area contributed by atoms with E-state index in [1.807, 2.05) is 48.0 Å². The number of aromatic nitrogens is 2. The van der Waals surface area contributed by atoms with Crippen molar-refractivity contribution in [2.45, 2.75) is 78.1 Å². The fourth-order valence-electron chi connectivity index (χ4n) is 4.15. The highest BCUT2D eigenvalue weighted by Gasteiger charge is 2.21. The second-order valence-electron chi connectivity index (χ2n) is 12.2. The number of rotatable bonds is 12. The van der Waals surface area contributed by atoms with E-state index in [4.69, 9.17) is 18.9 Å². The van der Waals surface area contributed by atoms with Gasteiger partial charge in [-0.25, -0.2) is 9.78 Å². The molecule has 0 spiro atoms. The van der Waals surface area contributed by atoms with Gasteiger partial charge in [-0.1, -0.05) is 31.8 Å². The smallest absolute Gasteiger partial charge is 0.407 e. The van der Waals surface area contributed by atoms with E-state index in [2.05, 4.69) is 29.9 Å². The summed E-state index contributed by atoms with van der Waals surface area (Å²) in [5.74, 6) is 0.694. The van der Waals surface area contributed by atoms with Gasteiger partial charge >= 0.3 is 12.1 Å². The van der Waals surface area contributed by atoms with Crippen LogP contribution in [0.2, 0.25) is 25.7 Å². The maximum atomic E-state index is 12.2. The van der Waals surface area contributed by atoms with Gasteiger partial charge in [0.2, 0.25) is 0 Å². The molecule has 9 nitrogen and oxygen atoms in total. The molecule has 40 heavy (non-hydrogen) atoms. The van der Waals surface area contributed by atoms with Gasteiger partial charge in [0.25, 0.3) is 0 Å². The van der Waals surface area contributed by atoms with E-state index in [1.54, 1.807) is 27.0 Å². The third-order valence-electron chi connectivity index (χ3n) is 6.25. The first-order valence-corrected chi connectivity index (χ1v) is 17.3. The molecule has 2 aromatic heterocycles. The van der Waals surface area contributed by atoms with E-state index in [1.165, 1.54) is 7.11 Å². The number of alkyl carbamates (subject to hydrolysis) is 1. The number of fused-ring (bicyclic) bond motifs is 1. The first-order chi connectivity index (χ1) is 18.8. The molecule has 1 unspecified atom stereocenters. The van der Waals surface area contributed by atoms with Gasteiger partial charge in [0.15, 0.2) is 0 Å². The highest BCUT2D eigenvalue weighted by Crippen LogP contribution is 2.33. The predicted octanol–water partition coefficient (Wildman–Crippen LogP) is 6.62. The summed E-state index contributed by atoms with van der Waals surface area (Å²) in [7, 11) is 0.196. The number of hydrogen-bond acceptors (Lipinski definition) is 7. The van der Waals surface area contributed by atoms with Crippen molar-refractivity contribution in [1.29, 1.82) is 0 Å². The van der Waals surface area contributed by atoms with Crippen molar-refractivity contribution in [3.8, 4) is 11.5 Å². The lowest BCUT2D eigenvalue weighted by Gasteiger charge is -2.22. The van der Waals surface area contributed by atoms with Crippen molar-refractivity contribution in [3.63, 3.8) is 0 Å². The van der Waals surface area contributed by atoms with Crippen LogP contribution in [0.4, 0.5) is 4.79 Å². The molecule has 3 rings (SSSR count). The van der Waals surface area contributed by atoms with Crippen LogP contribution in [0.3, 0.4) is 0 Å². The molecule has 1 atom stereocenters. The summed E-state index contributed by atoms with van der Waals surface area (Å²) in [6.45, 7) is 15.8. The molecule has 0 bridgehead atoms. The first kappa shape index (κ1) is 31.2. The Morgan fingerprint density at radius 3 is 2.42 bits per heavy atom. The second-order valence-corrected chi connectivity index (χ2v) is 17.8. The third kappa shape index (κ3) is 9.37. The van der Waals surface area contributed by atoms with Crippen LogP contribution in [0.25, 0.3) is 11.0 Å². The minimum absolute atomic E-state index is 0.115. The van der Waals surface area contributed by atoms with Crippen molar-refractivity contribution < 1.29 is 28.5 Å². The zero-order chi connectivity index (χ0) is 29.5. The van der Waals surface area contributed by atoms with Crippen LogP contribution >= 0.6 is 0 Å². The molecular formula is C30H43N3O6Si. The zero-order valence-electron chi connectivity index (χ0n) is 25.0. The number of benzene rings is 1. The van der Waals surface area contributed by atoms with E-state index in [0.29, 0.717) is 18.2 Å². The molecule has 0 saturated carbocycles. The van der Waals surface area contributed by atoms with Gasteiger partial charge in [0.05, 0.1) is 18.9 Å². The van der Waals surface area contributed by atoms with Gasteiger partial charge in [0.1, 0.15) is 29.5 Å². The summed E-state index contributed by atoms with van der Waals surface area (Å²) in [6, 6.07) is 10.5. The Balaban J connectivity index is 1.73. The highest BCUT2D eigenvalue weighted by molar-refractivity contribution is 6.76. The molecule has 1 amide bonds. The van der Waals surface area contributed by atoms with E-state index < -0.39 is 19.8 Å². The molecule has 1 N–H and O–H groups in total. The molecule has 10 heteroatoms. The van der Waals surface area contributed by atoms with Crippen LogP contribution in [0, 0.1) is 6.92 Å². The summed E-state index contributed by atoms with van der Waals surface area (Å²) in [5.41, 5.74) is 2.12. The van der Waals surface area contributed by atoms with Gasteiger partial charge in [-0.15, -0.1) is 0 Å². The normalized spacial score (nSPS) is 12.7. The van der Waals surface area contributed by atoms with E-state index >= 15 is 0 Å². The maximum Gasteiger partial charge on any atom is 0.407 e. The van der Waals surface area contributed by atoms with E-state index in [9.17, 15) is 9.59 Å². The lowest BCUT2D eigenvalue weighted by molar-refractivity contribution is -0.141. The van der Waals surface area contributed by atoms with Crippen LogP contribution in [0.5, 0.6) is 11.5 Å². The number of nitrogens with one attached hydrogen (secondary N) is 1. The van der Waals surface area contributed by atoms with Crippen LogP contribution in [0.15, 0.2) is 42.7 Å². The predicted molar refractivity (Wildman–Crippen MR) is 159 cm³/mol. The van der Waals surface area contributed by atoms with Crippen molar-refractivity contribution in [2.24, 2.45) is 0 Å². The lowest BCUT2D eigenvalue weighted by atomic mass is 9.95. The highest BCUT2D eigenvalue weighted by atomic mass is 28.3. The zero-order valence-corrected chi connectivity index (χ0v) is 26.0. The number of carbonyl (C=O) groups is 2. The molecule has 1 aromatic carbocycles. The number of esters is 1. The summed E-state index contributed by atoms with van der Waals surface area (Å²) in [4.78, 5) is 28.8. The quantitative estimate of drug-likeness (QED) is 0.149. The molecule has 0 radical (unpaired) electrons. The molecule has 0 aliphatic rings. The number of nitrogens with zero attached hydrogens (tertiary/aromatic N) is 2. The summed E-state index contributed by atoms with van der Waals surface area (Å²) in [6.07, 6.45) is 3.35. The number of pyridine rings is 1. The summed E-state index contributed by atoms with van der Waals surface area (Å²) >= 11 is 0. The second kappa shape index (κ2) is 13.3. The average Bonchev–Trinajstić information content (AvgIpc) is 3.19. The van der Waals surface area contributed by atoms with Gasteiger partial charge in [-0.2, -0.15) is 0 Å². The Morgan fingerprint density at radius 2 is 1.80 bits per heavy atom. The van der Waals surface area contributed by atoms with Crippen LogP contribution in [0.1, 0.15) is 44.2 Å². The van der Waals surface area contributed by atoms with Crippen molar-refractivity contribution in [3.05, 3.63) is 53.9 Å². The monoisotopic (exact) mass is 569 g/mol. The lowest BCUT2D eigenvalue weighted by Crippen LogP contribution is -2.35. The molecule has 2 heterocycles. The molecule has 0 saturated heterocycles. The minimum Gasteiger partial charge on any atom is -0.469 e. The minimum atomic E-state index is -1.15. The maximum absolute atomic E-state index is 12.2. The van der Waals surface area contributed by atoms with Gasteiger partial charge in [0, 0.05) is 39.5 Å². The Hall–Kier alpha value is -3.37. The fourth-order valence-corrected chi connectivity index (χ4v) is 4.91. The Bertz CT molecular complexity index is 1290. The first-order valence-electron chi connectivity index (χ1n) is 13.6. The number of amides is 1. The Labute approximate surface area is 238 Å².